The molecule has 0 saturated heterocycles. The molecule has 3 saturated carbocycles. The summed E-state index contributed by atoms with van der Waals surface area (Å²) < 4.78 is 26.1. The average Bonchev–Trinajstić information content (AvgIpc) is 3.00. The van der Waals surface area contributed by atoms with Crippen LogP contribution in [0.1, 0.15) is 51.4 Å². The van der Waals surface area contributed by atoms with Crippen LogP contribution in [0, 0.1) is 11.3 Å². The fraction of sp³-hybridized carbons (Fsp3) is 1.00. The predicted octanol–water partition coefficient (Wildman–Crippen LogP) is 3.08. The Bertz CT molecular complexity index is 269. The number of alkyl halides is 2. The molecule has 0 aromatic heterocycles. The third-order valence-corrected chi connectivity index (χ3v) is 5.07. The highest BCUT2D eigenvalue weighted by molar-refractivity contribution is 5.21. The van der Waals surface area contributed by atoms with E-state index in [1.165, 1.54) is 12.8 Å². The summed E-state index contributed by atoms with van der Waals surface area (Å²) in [5.41, 5.74) is 6.62. The lowest BCUT2D eigenvalue weighted by atomic mass is 9.72. The average molecular weight is 215 g/mol. The lowest BCUT2D eigenvalue weighted by Gasteiger charge is -2.37. The van der Waals surface area contributed by atoms with Crippen LogP contribution < -0.4 is 5.73 Å². The Morgan fingerprint density at radius 1 is 0.867 bits per heavy atom. The first kappa shape index (κ1) is 10.0. The molecule has 2 N–H and O–H groups in total. The second kappa shape index (κ2) is 2.73. The summed E-state index contributed by atoms with van der Waals surface area (Å²) in [4.78, 5) is 0. The molecule has 0 aromatic rings. The molecule has 0 atom stereocenters. The van der Waals surface area contributed by atoms with Crippen molar-refractivity contribution in [3.63, 3.8) is 0 Å². The first-order valence-electron chi connectivity index (χ1n) is 6.14. The molecule has 3 aliphatic rings. The summed E-state index contributed by atoms with van der Waals surface area (Å²) in [5.74, 6) is -1.90. The zero-order valence-electron chi connectivity index (χ0n) is 9.07. The van der Waals surface area contributed by atoms with E-state index in [1.54, 1.807) is 0 Å². The van der Waals surface area contributed by atoms with E-state index in [2.05, 4.69) is 0 Å². The van der Waals surface area contributed by atoms with Crippen LogP contribution >= 0.6 is 0 Å². The highest BCUT2D eigenvalue weighted by atomic mass is 19.3. The van der Waals surface area contributed by atoms with E-state index >= 15 is 0 Å². The van der Waals surface area contributed by atoms with Gasteiger partial charge in [-0.2, -0.15) is 0 Å². The van der Waals surface area contributed by atoms with Crippen molar-refractivity contribution in [2.75, 3.05) is 0 Å². The maximum atomic E-state index is 13.1. The van der Waals surface area contributed by atoms with E-state index < -0.39 is 5.92 Å². The molecule has 0 aliphatic heterocycles. The van der Waals surface area contributed by atoms with Crippen LogP contribution in [0.15, 0.2) is 0 Å². The fourth-order valence-corrected chi connectivity index (χ4v) is 3.67. The summed E-state index contributed by atoms with van der Waals surface area (Å²) in [5, 5.41) is 0. The Balaban J connectivity index is 1.70. The third kappa shape index (κ3) is 1.42. The molecule has 0 radical (unpaired) electrons. The molecule has 0 spiro atoms. The predicted molar refractivity (Wildman–Crippen MR) is 54.7 cm³/mol. The van der Waals surface area contributed by atoms with E-state index in [1.807, 2.05) is 0 Å². The topological polar surface area (TPSA) is 26.0 Å². The molecule has 0 aromatic carbocycles. The van der Waals surface area contributed by atoms with Gasteiger partial charge in [0.2, 0.25) is 5.92 Å². The summed E-state index contributed by atoms with van der Waals surface area (Å²) in [6.07, 6.45) is 6.22. The first-order chi connectivity index (χ1) is 6.98. The van der Waals surface area contributed by atoms with Crippen molar-refractivity contribution >= 4 is 0 Å². The minimum Gasteiger partial charge on any atom is -0.325 e. The van der Waals surface area contributed by atoms with Gasteiger partial charge in [0.25, 0.3) is 0 Å². The second-order valence-electron chi connectivity index (χ2n) is 5.94. The van der Waals surface area contributed by atoms with Crippen molar-refractivity contribution in [1.29, 1.82) is 0 Å². The second-order valence-corrected chi connectivity index (χ2v) is 5.94. The van der Waals surface area contributed by atoms with Crippen LogP contribution in [-0.4, -0.2) is 11.5 Å². The van der Waals surface area contributed by atoms with Gasteiger partial charge in [-0.1, -0.05) is 0 Å². The van der Waals surface area contributed by atoms with Crippen molar-refractivity contribution in [3.8, 4) is 0 Å². The monoisotopic (exact) mass is 215 g/mol. The summed E-state index contributed by atoms with van der Waals surface area (Å²) in [6.45, 7) is 0. The van der Waals surface area contributed by atoms with E-state index in [0.717, 1.165) is 12.8 Å². The van der Waals surface area contributed by atoms with Crippen molar-refractivity contribution in [2.24, 2.45) is 17.1 Å². The lowest BCUT2D eigenvalue weighted by Crippen LogP contribution is -2.42. The van der Waals surface area contributed by atoms with Gasteiger partial charge in [-0.05, 0) is 49.9 Å². The molecule has 3 fully saturated rings. The third-order valence-electron chi connectivity index (χ3n) is 5.07. The van der Waals surface area contributed by atoms with Crippen LogP contribution in [0.25, 0.3) is 0 Å². The Morgan fingerprint density at radius 2 is 1.40 bits per heavy atom. The Kier molecular flexibility index (Phi) is 1.82. The SMILES string of the molecule is NC1(C2(C3CCC(F)(F)CC3)CC2)CC1. The molecular formula is C12H19F2N. The van der Waals surface area contributed by atoms with Crippen LogP contribution in [0.5, 0.6) is 0 Å². The Hall–Kier alpha value is -0.180. The van der Waals surface area contributed by atoms with Gasteiger partial charge in [0.15, 0.2) is 0 Å². The van der Waals surface area contributed by atoms with Gasteiger partial charge in [-0.25, -0.2) is 8.78 Å². The van der Waals surface area contributed by atoms with Crippen LogP contribution in [0.3, 0.4) is 0 Å². The van der Waals surface area contributed by atoms with Gasteiger partial charge >= 0.3 is 0 Å². The number of hydrogen-bond donors (Lipinski definition) is 1. The fourth-order valence-electron chi connectivity index (χ4n) is 3.67. The number of hydrogen-bond acceptors (Lipinski definition) is 1. The molecule has 0 unspecified atom stereocenters. The summed E-state index contributed by atoms with van der Waals surface area (Å²) in [6, 6.07) is 0. The molecule has 3 rings (SSSR count). The first-order valence-corrected chi connectivity index (χ1v) is 6.14. The van der Waals surface area contributed by atoms with Crippen molar-refractivity contribution in [2.45, 2.75) is 62.8 Å². The summed E-state index contributed by atoms with van der Waals surface area (Å²) >= 11 is 0. The molecular weight excluding hydrogens is 196 g/mol. The Labute approximate surface area is 89.4 Å². The quantitative estimate of drug-likeness (QED) is 0.752. The molecule has 3 aliphatic carbocycles. The molecule has 0 heterocycles. The van der Waals surface area contributed by atoms with Crippen molar-refractivity contribution < 1.29 is 8.78 Å². The van der Waals surface area contributed by atoms with Gasteiger partial charge in [-0.15, -0.1) is 0 Å². The molecule has 3 heteroatoms. The van der Waals surface area contributed by atoms with Crippen molar-refractivity contribution in [1.82, 2.24) is 0 Å². The zero-order valence-corrected chi connectivity index (χ0v) is 9.07. The molecule has 0 amide bonds. The standard InChI is InChI=1S/C12H19F2N/c13-12(14)3-1-9(2-4-12)10(5-6-10)11(15)7-8-11/h9H,1-8,15H2. The molecule has 1 nitrogen and oxygen atoms in total. The van der Waals surface area contributed by atoms with Gasteiger partial charge < -0.3 is 5.73 Å². The van der Waals surface area contributed by atoms with Crippen LogP contribution in [-0.2, 0) is 0 Å². The Morgan fingerprint density at radius 3 is 1.80 bits per heavy atom. The minimum absolute atomic E-state index is 0.0459. The number of rotatable bonds is 2. The largest absolute Gasteiger partial charge is 0.325 e. The van der Waals surface area contributed by atoms with Gasteiger partial charge in [0.05, 0.1) is 0 Å². The van der Waals surface area contributed by atoms with Gasteiger partial charge in [0, 0.05) is 18.4 Å². The molecule has 0 bridgehead atoms. The van der Waals surface area contributed by atoms with E-state index in [0.29, 0.717) is 18.8 Å². The van der Waals surface area contributed by atoms with Gasteiger partial charge in [-0.3, -0.25) is 0 Å². The molecule has 15 heavy (non-hydrogen) atoms. The maximum absolute atomic E-state index is 13.1. The van der Waals surface area contributed by atoms with Gasteiger partial charge in [0.1, 0.15) is 0 Å². The number of nitrogens with two attached hydrogens (primary N) is 1. The molecule has 86 valence electrons. The van der Waals surface area contributed by atoms with Crippen molar-refractivity contribution in [3.05, 3.63) is 0 Å². The summed E-state index contributed by atoms with van der Waals surface area (Å²) in [7, 11) is 0. The maximum Gasteiger partial charge on any atom is 0.248 e. The van der Waals surface area contributed by atoms with E-state index in [9.17, 15) is 8.78 Å². The lowest BCUT2D eigenvalue weighted by molar-refractivity contribution is -0.0569. The van der Waals surface area contributed by atoms with E-state index in [4.69, 9.17) is 5.73 Å². The number of halogens is 2. The smallest absolute Gasteiger partial charge is 0.248 e. The van der Waals surface area contributed by atoms with Crippen LogP contribution in [0.2, 0.25) is 0 Å². The highest BCUT2D eigenvalue weighted by Crippen LogP contribution is 2.69. The normalized spacial score (nSPS) is 36.2. The highest BCUT2D eigenvalue weighted by Gasteiger charge is 2.66. The van der Waals surface area contributed by atoms with Crippen LogP contribution in [0.4, 0.5) is 8.78 Å². The minimum atomic E-state index is -2.39. The van der Waals surface area contributed by atoms with E-state index in [-0.39, 0.29) is 23.8 Å². The zero-order chi connectivity index (χ0) is 10.7.